The molecule has 1 saturated heterocycles. The van der Waals surface area contributed by atoms with Crippen LogP contribution in [0, 0.1) is 0 Å². The number of methoxy groups -OCH3 is 1. The lowest BCUT2D eigenvalue weighted by Crippen LogP contribution is -2.59. The first-order valence-corrected chi connectivity index (χ1v) is 8.23. The summed E-state index contributed by atoms with van der Waals surface area (Å²) >= 11 is 0. The Morgan fingerprint density at radius 1 is 1.36 bits per heavy atom. The Balaban J connectivity index is 2.12. The van der Waals surface area contributed by atoms with Crippen molar-refractivity contribution in [1.82, 2.24) is 14.8 Å². The molecule has 25 heavy (non-hydrogen) atoms. The summed E-state index contributed by atoms with van der Waals surface area (Å²) in [5.41, 5.74) is 5.72. The standard InChI is InChI=1S/C17H26N4O4/c1-17(2,3)25-16(23)20-7-8-21(12(9-18)11-20)15(22)13-5-6-19-10-14(13)24-4/h5-6,10,12H,7-9,11,18H2,1-4H3. The summed E-state index contributed by atoms with van der Waals surface area (Å²) < 4.78 is 10.6. The van der Waals surface area contributed by atoms with Gasteiger partial charge < -0.3 is 25.0 Å². The minimum atomic E-state index is -0.563. The highest BCUT2D eigenvalue weighted by molar-refractivity contribution is 5.97. The van der Waals surface area contributed by atoms with Gasteiger partial charge in [-0.15, -0.1) is 0 Å². The number of carbonyl (C=O) groups excluding carboxylic acids is 2. The number of aromatic nitrogens is 1. The second kappa shape index (κ2) is 7.69. The lowest BCUT2D eigenvalue weighted by atomic mass is 10.1. The van der Waals surface area contributed by atoms with E-state index in [1.54, 1.807) is 22.1 Å². The molecule has 0 spiro atoms. The molecule has 1 fully saturated rings. The van der Waals surface area contributed by atoms with Crippen molar-refractivity contribution in [3.05, 3.63) is 24.0 Å². The third kappa shape index (κ3) is 4.60. The number of nitrogens with two attached hydrogens (primary N) is 1. The first-order valence-electron chi connectivity index (χ1n) is 8.23. The number of piperazine rings is 1. The Morgan fingerprint density at radius 2 is 2.08 bits per heavy atom. The number of nitrogens with zero attached hydrogens (tertiary/aromatic N) is 3. The molecule has 1 atom stereocenters. The largest absolute Gasteiger partial charge is 0.494 e. The quantitative estimate of drug-likeness (QED) is 0.877. The lowest BCUT2D eigenvalue weighted by Gasteiger charge is -2.41. The summed E-state index contributed by atoms with van der Waals surface area (Å²) in [7, 11) is 1.49. The first kappa shape index (κ1) is 19.0. The number of rotatable bonds is 3. The van der Waals surface area contributed by atoms with Gasteiger partial charge in [0.05, 0.1) is 24.9 Å². The molecule has 0 bridgehead atoms. The predicted octanol–water partition coefficient (Wildman–Crippen LogP) is 1.11. The third-order valence-electron chi connectivity index (χ3n) is 3.90. The van der Waals surface area contributed by atoms with Crippen LogP contribution in [0.2, 0.25) is 0 Å². The molecular weight excluding hydrogens is 324 g/mol. The Hall–Kier alpha value is -2.35. The molecule has 2 N–H and O–H groups in total. The van der Waals surface area contributed by atoms with Gasteiger partial charge in [0.1, 0.15) is 11.4 Å². The Bertz CT molecular complexity index is 629. The van der Waals surface area contributed by atoms with Crippen molar-refractivity contribution in [2.75, 3.05) is 33.3 Å². The molecule has 8 heteroatoms. The molecule has 1 aliphatic heterocycles. The van der Waals surface area contributed by atoms with Crippen LogP contribution in [0.1, 0.15) is 31.1 Å². The van der Waals surface area contributed by atoms with Gasteiger partial charge in [0.15, 0.2) is 0 Å². The molecule has 1 aliphatic rings. The van der Waals surface area contributed by atoms with Gasteiger partial charge in [-0.25, -0.2) is 4.79 Å². The molecular formula is C17H26N4O4. The van der Waals surface area contributed by atoms with Crippen molar-refractivity contribution in [1.29, 1.82) is 0 Å². The van der Waals surface area contributed by atoms with Gasteiger partial charge in [-0.1, -0.05) is 0 Å². The Labute approximate surface area is 147 Å². The summed E-state index contributed by atoms with van der Waals surface area (Å²) in [5, 5.41) is 0. The number of amides is 2. The summed E-state index contributed by atoms with van der Waals surface area (Å²) in [4.78, 5) is 32.4. The maximum atomic E-state index is 12.9. The van der Waals surface area contributed by atoms with Gasteiger partial charge in [-0.3, -0.25) is 9.78 Å². The van der Waals surface area contributed by atoms with Crippen molar-refractivity contribution < 1.29 is 19.1 Å². The molecule has 8 nitrogen and oxygen atoms in total. The highest BCUT2D eigenvalue weighted by Crippen LogP contribution is 2.21. The van der Waals surface area contributed by atoms with E-state index in [-0.39, 0.29) is 24.6 Å². The monoisotopic (exact) mass is 350 g/mol. The maximum absolute atomic E-state index is 12.9. The minimum Gasteiger partial charge on any atom is -0.494 e. The fourth-order valence-electron chi connectivity index (χ4n) is 2.69. The van der Waals surface area contributed by atoms with Gasteiger partial charge >= 0.3 is 6.09 Å². The van der Waals surface area contributed by atoms with Gasteiger partial charge in [-0.2, -0.15) is 0 Å². The maximum Gasteiger partial charge on any atom is 0.410 e. The van der Waals surface area contributed by atoms with E-state index in [0.29, 0.717) is 30.9 Å². The molecule has 0 radical (unpaired) electrons. The number of pyridine rings is 1. The topological polar surface area (TPSA) is 98.0 Å². The van der Waals surface area contributed by atoms with Gasteiger partial charge in [-0.05, 0) is 26.8 Å². The van der Waals surface area contributed by atoms with Crippen LogP contribution in [0.15, 0.2) is 18.5 Å². The number of hydrogen-bond acceptors (Lipinski definition) is 6. The highest BCUT2D eigenvalue weighted by Gasteiger charge is 2.34. The van der Waals surface area contributed by atoms with E-state index in [1.165, 1.54) is 13.3 Å². The normalized spacial score (nSPS) is 18.0. The van der Waals surface area contributed by atoms with E-state index in [4.69, 9.17) is 15.2 Å². The molecule has 0 aromatic carbocycles. The molecule has 0 aliphatic carbocycles. The van der Waals surface area contributed by atoms with Crippen molar-refractivity contribution in [2.24, 2.45) is 5.73 Å². The summed E-state index contributed by atoms with van der Waals surface area (Å²) in [6.07, 6.45) is 2.66. The van der Waals surface area contributed by atoms with Crippen LogP contribution >= 0.6 is 0 Å². The van der Waals surface area contributed by atoms with E-state index in [9.17, 15) is 9.59 Å². The molecule has 1 aromatic rings. The molecule has 1 unspecified atom stereocenters. The lowest BCUT2D eigenvalue weighted by molar-refractivity contribution is 0.00521. The highest BCUT2D eigenvalue weighted by atomic mass is 16.6. The van der Waals surface area contributed by atoms with Gasteiger partial charge in [0.2, 0.25) is 0 Å². The van der Waals surface area contributed by atoms with Crippen LogP contribution in [-0.4, -0.2) is 71.7 Å². The number of hydrogen-bond donors (Lipinski definition) is 1. The average molecular weight is 350 g/mol. The fourth-order valence-corrected chi connectivity index (χ4v) is 2.69. The van der Waals surface area contributed by atoms with Crippen LogP contribution in [0.25, 0.3) is 0 Å². The second-order valence-corrected chi connectivity index (χ2v) is 6.89. The summed E-state index contributed by atoms with van der Waals surface area (Å²) in [5.74, 6) is 0.233. The zero-order chi connectivity index (χ0) is 18.6. The predicted molar refractivity (Wildman–Crippen MR) is 92.5 cm³/mol. The third-order valence-corrected chi connectivity index (χ3v) is 3.90. The van der Waals surface area contributed by atoms with Gasteiger partial charge in [0.25, 0.3) is 5.91 Å². The molecule has 138 valence electrons. The minimum absolute atomic E-state index is 0.182. The van der Waals surface area contributed by atoms with Crippen LogP contribution in [0.3, 0.4) is 0 Å². The van der Waals surface area contributed by atoms with Gasteiger partial charge in [0, 0.05) is 32.4 Å². The van der Waals surface area contributed by atoms with Crippen molar-refractivity contribution in [3.63, 3.8) is 0 Å². The van der Waals surface area contributed by atoms with Crippen molar-refractivity contribution in [2.45, 2.75) is 32.4 Å². The fraction of sp³-hybridized carbons (Fsp3) is 0.588. The average Bonchev–Trinajstić information content (AvgIpc) is 2.59. The zero-order valence-electron chi connectivity index (χ0n) is 15.2. The van der Waals surface area contributed by atoms with E-state index in [0.717, 1.165) is 0 Å². The molecule has 2 rings (SSSR count). The van der Waals surface area contributed by atoms with Crippen LogP contribution in [-0.2, 0) is 4.74 Å². The van der Waals surface area contributed by atoms with Crippen LogP contribution in [0.5, 0.6) is 5.75 Å². The SMILES string of the molecule is COc1cnccc1C(=O)N1CCN(C(=O)OC(C)(C)C)CC1CN. The number of carbonyl (C=O) groups is 2. The van der Waals surface area contributed by atoms with E-state index < -0.39 is 5.60 Å². The number of ether oxygens (including phenoxy) is 2. The Morgan fingerprint density at radius 3 is 2.68 bits per heavy atom. The molecule has 2 amide bonds. The molecule has 2 heterocycles. The van der Waals surface area contributed by atoms with Crippen molar-refractivity contribution >= 4 is 12.0 Å². The molecule has 1 aromatic heterocycles. The molecule has 0 saturated carbocycles. The smallest absolute Gasteiger partial charge is 0.410 e. The summed E-state index contributed by atoms with van der Waals surface area (Å²) in [6, 6.07) is 1.33. The Kier molecular flexibility index (Phi) is 5.84. The second-order valence-electron chi connectivity index (χ2n) is 6.89. The zero-order valence-corrected chi connectivity index (χ0v) is 15.2. The van der Waals surface area contributed by atoms with E-state index >= 15 is 0 Å². The van der Waals surface area contributed by atoms with Crippen LogP contribution < -0.4 is 10.5 Å². The van der Waals surface area contributed by atoms with Crippen LogP contribution in [0.4, 0.5) is 4.79 Å². The van der Waals surface area contributed by atoms with E-state index in [1.807, 2.05) is 20.8 Å². The van der Waals surface area contributed by atoms with E-state index in [2.05, 4.69) is 4.98 Å². The summed E-state index contributed by atoms with van der Waals surface area (Å²) in [6.45, 7) is 6.82. The van der Waals surface area contributed by atoms with Crippen molar-refractivity contribution in [3.8, 4) is 5.75 Å². The first-order chi connectivity index (χ1) is 11.8.